The summed E-state index contributed by atoms with van der Waals surface area (Å²) in [6.07, 6.45) is 1.92. The minimum Gasteiger partial charge on any atom is -0.508 e. The number of benzene rings is 1. The van der Waals surface area contributed by atoms with Gasteiger partial charge in [0.1, 0.15) is 22.1 Å². The Balaban J connectivity index is 0.00000245. The molecule has 10 heteroatoms. The molecule has 2 amide bonds. The number of nitrogens with one attached hydrogen (secondary N) is 2. The van der Waals surface area contributed by atoms with Gasteiger partial charge in [0.05, 0.1) is 10.3 Å². The van der Waals surface area contributed by atoms with Gasteiger partial charge in [0.2, 0.25) is 0 Å². The fraction of sp³-hybridized carbons (Fsp3) is 0.0909. The van der Waals surface area contributed by atoms with Gasteiger partial charge in [-0.1, -0.05) is 18.2 Å². The molecule has 4 heterocycles. The molecule has 0 saturated heterocycles. The third kappa shape index (κ3) is 4.10. The molecule has 0 fully saturated rings. The van der Waals surface area contributed by atoms with E-state index in [4.69, 9.17) is 4.98 Å². The van der Waals surface area contributed by atoms with Crippen molar-refractivity contribution in [3.05, 3.63) is 69.6 Å². The molecule has 32 heavy (non-hydrogen) atoms. The van der Waals surface area contributed by atoms with Crippen molar-refractivity contribution in [2.45, 2.75) is 13.3 Å². The second-order valence-corrected chi connectivity index (χ2v) is 9.08. The van der Waals surface area contributed by atoms with E-state index in [9.17, 15) is 14.7 Å². The van der Waals surface area contributed by atoms with Gasteiger partial charge < -0.3 is 10.4 Å². The van der Waals surface area contributed by atoms with Crippen molar-refractivity contribution in [1.29, 1.82) is 0 Å². The predicted molar refractivity (Wildman–Crippen MR) is 128 cm³/mol. The van der Waals surface area contributed by atoms with Crippen LogP contribution in [0.1, 0.15) is 16.0 Å². The van der Waals surface area contributed by atoms with Crippen LogP contribution in [-0.2, 0) is 16.0 Å². The Kier molecular flexibility index (Phi) is 5.96. The summed E-state index contributed by atoms with van der Waals surface area (Å²) in [5.74, 6) is 0.355. The second-order valence-electron chi connectivity index (χ2n) is 7.05. The Morgan fingerprint density at radius 2 is 1.91 bits per heavy atom. The average Bonchev–Trinajstić information content (AvgIpc) is 3.45. The summed E-state index contributed by atoms with van der Waals surface area (Å²) < 4.78 is 0. The highest BCUT2D eigenvalue weighted by molar-refractivity contribution is 7.19. The first-order valence-electron chi connectivity index (χ1n) is 9.44. The molecule has 162 valence electrons. The molecule has 3 aromatic heterocycles. The number of amides is 2. The molecule has 1 aliphatic heterocycles. The van der Waals surface area contributed by atoms with Crippen molar-refractivity contribution < 1.29 is 14.7 Å². The number of hydrogen-bond donors (Lipinski definition) is 3. The Hall–Kier alpha value is -3.27. The zero-order valence-corrected chi connectivity index (χ0v) is 19.2. The standard InChI is InChI=1S/C22H16N4O3S2.ClH/c1-11-16(9-12-4-6-13(27)7-5-12)31-22-18(11)20(23-14-10-17(28)24-21(14)29)25-19(26-22)15-3-2-8-30-15;/h2-8,10,27H,9H2,1H3,(H2,23,24,25,26,28,29);1H. The minimum absolute atomic E-state index is 0. The molecule has 1 aliphatic rings. The molecule has 0 bridgehead atoms. The number of aryl methyl sites for hydroxylation is 1. The van der Waals surface area contributed by atoms with Gasteiger partial charge in [-0.15, -0.1) is 35.1 Å². The van der Waals surface area contributed by atoms with Gasteiger partial charge in [-0.25, -0.2) is 9.97 Å². The minimum atomic E-state index is -0.480. The maximum Gasteiger partial charge on any atom is 0.274 e. The van der Waals surface area contributed by atoms with Gasteiger partial charge >= 0.3 is 0 Å². The van der Waals surface area contributed by atoms with Gasteiger partial charge in [0.15, 0.2) is 5.82 Å². The molecule has 0 aliphatic carbocycles. The zero-order chi connectivity index (χ0) is 21.5. The van der Waals surface area contributed by atoms with Crippen LogP contribution in [0.5, 0.6) is 5.75 Å². The molecule has 3 N–H and O–H groups in total. The predicted octanol–water partition coefficient (Wildman–Crippen LogP) is 4.40. The van der Waals surface area contributed by atoms with Gasteiger partial charge in [0.25, 0.3) is 11.8 Å². The number of carbonyl (C=O) groups excluding carboxylic acids is 2. The molecule has 0 saturated carbocycles. The summed E-state index contributed by atoms with van der Waals surface area (Å²) in [6, 6.07) is 11.0. The van der Waals surface area contributed by atoms with Gasteiger partial charge in [-0.2, -0.15) is 0 Å². The lowest BCUT2D eigenvalue weighted by Crippen LogP contribution is -2.24. The van der Waals surface area contributed by atoms with Crippen molar-refractivity contribution in [3.8, 4) is 16.5 Å². The molecule has 0 unspecified atom stereocenters. The number of nitrogens with zero attached hydrogens (tertiary/aromatic N) is 2. The highest BCUT2D eigenvalue weighted by Gasteiger charge is 2.24. The van der Waals surface area contributed by atoms with Crippen molar-refractivity contribution in [3.63, 3.8) is 0 Å². The first kappa shape index (κ1) is 21.9. The topological polar surface area (TPSA) is 104 Å². The first-order chi connectivity index (χ1) is 15.0. The monoisotopic (exact) mass is 484 g/mol. The van der Waals surface area contributed by atoms with E-state index in [0.29, 0.717) is 18.1 Å². The number of halogens is 1. The molecule has 5 rings (SSSR count). The summed E-state index contributed by atoms with van der Waals surface area (Å²) in [6.45, 7) is 2.00. The maximum absolute atomic E-state index is 12.1. The number of imide groups is 1. The lowest BCUT2D eigenvalue weighted by Gasteiger charge is -2.09. The van der Waals surface area contributed by atoms with Crippen LogP contribution in [0.4, 0.5) is 5.82 Å². The quantitative estimate of drug-likeness (QED) is 0.363. The number of fused-ring (bicyclic) bond motifs is 1. The van der Waals surface area contributed by atoms with E-state index in [1.54, 1.807) is 23.5 Å². The SMILES string of the molecule is Cc1c(Cc2ccc(O)cc2)sc2nc(-c3cccs3)nc(NC3=CC(=O)NC3=O)c12.Cl. The number of carbonyl (C=O) groups is 2. The third-order valence-electron chi connectivity index (χ3n) is 4.94. The van der Waals surface area contributed by atoms with Gasteiger partial charge in [-0.3, -0.25) is 14.9 Å². The van der Waals surface area contributed by atoms with Crippen LogP contribution in [0, 0.1) is 6.92 Å². The lowest BCUT2D eigenvalue weighted by atomic mass is 10.1. The molecule has 0 radical (unpaired) electrons. The number of anilines is 1. The van der Waals surface area contributed by atoms with E-state index in [0.717, 1.165) is 31.1 Å². The lowest BCUT2D eigenvalue weighted by molar-refractivity contribution is -0.123. The van der Waals surface area contributed by atoms with Crippen molar-refractivity contribution in [2.75, 3.05) is 5.32 Å². The third-order valence-corrected chi connectivity index (χ3v) is 6.99. The summed E-state index contributed by atoms with van der Waals surface area (Å²) in [5.41, 5.74) is 2.24. The van der Waals surface area contributed by atoms with Crippen LogP contribution < -0.4 is 10.6 Å². The molecular weight excluding hydrogens is 468 g/mol. The summed E-state index contributed by atoms with van der Waals surface area (Å²) in [5, 5.41) is 17.6. The fourth-order valence-corrected chi connectivity index (χ4v) is 5.26. The number of phenols is 1. The van der Waals surface area contributed by atoms with E-state index in [1.165, 1.54) is 17.4 Å². The smallest absolute Gasteiger partial charge is 0.274 e. The molecule has 7 nitrogen and oxygen atoms in total. The highest BCUT2D eigenvalue weighted by atomic mass is 35.5. The number of hydrogen-bond acceptors (Lipinski definition) is 8. The summed E-state index contributed by atoms with van der Waals surface area (Å²) >= 11 is 3.10. The molecular formula is C22H17ClN4O3S2. The molecule has 1 aromatic carbocycles. The number of aromatic nitrogens is 2. The van der Waals surface area contributed by atoms with E-state index in [1.807, 2.05) is 36.6 Å². The van der Waals surface area contributed by atoms with Crippen LogP contribution in [0.15, 0.2) is 53.6 Å². The van der Waals surface area contributed by atoms with Crippen molar-refractivity contribution in [1.82, 2.24) is 15.3 Å². The fourth-order valence-electron chi connectivity index (χ4n) is 3.39. The average molecular weight is 485 g/mol. The number of rotatable bonds is 5. The normalized spacial score (nSPS) is 13.1. The van der Waals surface area contributed by atoms with Crippen molar-refractivity contribution in [2.24, 2.45) is 0 Å². The van der Waals surface area contributed by atoms with Gasteiger partial charge in [0, 0.05) is 17.4 Å². The largest absolute Gasteiger partial charge is 0.508 e. The number of thiophene rings is 2. The number of phenolic OH excluding ortho intramolecular Hbond substituents is 1. The van der Waals surface area contributed by atoms with Crippen LogP contribution in [-0.4, -0.2) is 26.9 Å². The second kappa shape index (κ2) is 8.70. The molecule has 0 atom stereocenters. The van der Waals surface area contributed by atoms with E-state index in [2.05, 4.69) is 15.6 Å². The Bertz CT molecular complexity index is 1360. The van der Waals surface area contributed by atoms with E-state index >= 15 is 0 Å². The summed E-state index contributed by atoms with van der Waals surface area (Å²) in [7, 11) is 0. The van der Waals surface area contributed by atoms with Crippen LogP contribution in [0.2, 0.25) is 0 Å². The Morgan fingerprint density at radius 1 is 1.12 bits per heavy atom. The van der Waals surface area contributed by atoms with Crippen LogP contribution in [0.25, 0.3) is 20.9 Å². The van der Waals surface area contributed by atoms with Crippen LogP contribution in [0.3, 0.4) is 0 Å². The Labute approximate surface area is 197 Å². The first-order valence-corrected chi connectivity index (χ1v) is 11.1. The van der Waals surface area contributed by atoms with Gasteiger partial charge in [-0.05, 0) is 41.6 Å². The Morgan fingerprint density at radius 3 is 2.56 bits per heavy atom. The van der Waals surface area contributed by atoms with Crippen molar-refractivity contribution >= 4 is 62.9 Å². The highest BCUT2D eigenvalue weighted by Crippen LogP contribution is 2.37. The zero-order valence-electron chi connectivity index (χ0n) is 16.7. The molecule has 4 aromatic rings. The van der Waals surface area contributed by atoms with Crippen LogP contribution >= 0.6 is 35.1 Å². The maximum atomic E-state index is 12.1. The van der Waals surface area contributed by atoms with E-state index in [-0.39, 0.29) is 23.9 Å². The number of aromatic hydroxyl groups is 1. The summed E-state index contributed by atoms with van der Waals surface area (Å²) in [4.78, 5) is 35.9. The molecule has 0 spiro atoms. The van der Waals surface area contributed by atoms with E-state index < -0.39 is 11.8 Å².